The molecule has 0 fully saturated rings. The summed E-state index contributed by atoms with van der Waals surface area (Å²) in [4.78, 5) is 24.8. The van der Waals surface area contributed by atoms with Gasteiger partial charge in [-0.3, -0.25) is 9.69 Å². The third-order valence-electron chi connectivity index (χ3n) is 6.82. The fourth-order valence-electron chi connectivity index (χ4n) is 4.63. The summed E-state index contributed by atoms with van der Waals surface area (Å²) in [6.07, 6.45) is 0. The lowest BCUT2D eigenvalue weighted by molar-refractivity contribution is 0.0726. The van der Waals surface area contributed by atoms with Crippen molar-refractivity contribution in [3.05, 3.63) is 111 Å². The highest BCUT2D eigenvalue weighted by Crippen LogP contribution is 2.33. The van der Waals surface area contributed by atoms with Crippen LogP contribution in [0, 0.1) is 6.92 Å². The second kappa shape index (κ2) is 13.1. The highest BCUT2D eigenvalue weighted by molar-refractivity contribution is 7.09. The number of thiazole rings is 1. The molecule has 1 amide bonds. The minimum absolute atomic E-state index is 0.0333. The number of benzene rings is 3. The third-order valence-corrected chi connectivity index (χ3v) is 7.65. The zero-order valence-electron chi connectivity index (χ0n) is 23.4. The Balaban J connectivity index is 1.32. The molecule has 1 aromatic heterocycles. The maximum atomic E-state index is 13.6. The predicted octanol–water partition coefficient (Wildman–Crippen LogP) is 5.59. The van der Waals surface area contributed by atoms with Gasteiger partial charge in [0.15, 0.2) is 11.5 Å². The van der Waals surface area contributed by atoms with E-state index in [0.717, 1.165) is 47.3 Å². The van der Waals surface area contributed by atoms with Crippen LogP contribution in [-0.2, 0) is 26.2 Å². The largest absolute Gasteiger partial charge is 0.454 e. The molecule has 0 atom stereocenters. The lowest BCUT2D eigenvalue weighted by atomic mass is 10.1. The zero-order chi connectivity index (χ0) is 27.9. The Morgan fingerprint density at radius 2 is 1.52 bits per heavy atom. The van der Waals surface area contributed by atoms with E-state index in [-0.39, 0.29) is 12.7 Å². The molecule has 208 valence electrons. The molecule has 0 spiro atoms. The van der Waals surface area contributed by atoms with Gasteiger partial charge >= 0.3 is 0 Å². The summed E-state index contributed by atoms with van der Waals surface area (Å²) in [5.41, 5.74) is 5.23. The second-order valence-corrected chi connectivity index (χ2v) is 11.4. The van der Waals surface area contributed by atoms with Crippen LogP contribution in [-0.4, -0.2) is 59.6 Å². The van der Waals surface area contributed by atoms with E-state index < -0.39 is 0 Å². The van der Waals surface area contributed by atoms with Gasteiger partial charge in [0.1, 0.15) is 10.7 Å². The van der Waals surface area contributed by atoms with Crippen molar-refractivity contribution >= 4 is 17.2 Å². The number of likely N-dealkylation sites (N-methyl/N-ethyl adjacent to an activating group) is 1. The number of amides is 1. The second-order valence-electron chi connectivity index (χ2n) is 10.5. The summed E-state index contributed by atoms with van der Waals surface area (Å²) >= 11 is 1.54. The SMILES string of the molecule is Cc1ccc(CN(Cc2ccc3c(c2)OCO3)Cc2nc(C(=O)N(CCN(C)C)Cc3ccccc3)cs2)cc1. The predicted molar refractivity (Wildman–Crippen MR) is 159 cm³/mol. The molecule has 40 heavy (non-hydrogen) atoms. The topological polar surface area (TPSA) is 58.1 Å². The van der Waals surface area contributed by atoms with E-state index in [1.165, 1.54) is 11.1 Å². The maximum Gasteiger partial charge on any atom is 0.273 e. The summed E-state index contributed by atoms with van der Waals surface area (Å²) in [7, 11) is 4.05. The van der Waals surface area contributed by atoms with Crippen molar-refractivity contribution in [1.82, 2.24) is 19.7 Å². The molecule has 1 aliphatic heterocycles. The molecule has 8 heteroatoms. The standard InChI is InChI=1S/C32H36N4O3S/c1-24-9-11-26(12-10-24)18-35(19-27-13-14-29-30(17-27)39-23-38-29)21-31-33-28(22-40-31)32(37)36(16-15-34(2)3)20-25-7-5-4-6-8-25/h4-14,17,22H,15-16,18-21,23H2,1-3H3. The van der Waals surface area contributed by atoms with E-state index in [2.05, 4.69) is 59.2 Å². The summed E-state index contributed by atoms with van der Waals surface area (Å²) in [5.74, 6) is 1.53. The number of hydrogen-bond acceptors (Lipinski definition) is 7. The highest BCUT2D eigenvalue weighted by atomic mass is 32.1. The van der Waals surface area contributed by atoms with Crippen molar-refractivity contribution in [2.75, 3.05) is 34.0 Å². The number of rotatable bonds is 12. The number of fused-ring (bicyclic) bond motifs is 1. The van der Waals surface area contributed by atoms with Crippen LogP contribution in [0.2, 0.25) is 0 Å². The Morgan fingerprint density at radius 1 is 0.825 bits per heavy atom. The molecular formula is C32H36N4O3S. The molecule has 0 saturated carbocycles. The first-order chi connectivity index (χ1) is 19.4. The monoisotopic (exact) mass is 556 g/mol. The third kappa shape index (κ3) is 7.47. The van der Waals surface area contributed by atoms with Gasteiger partial charge in [-0.25, -0.2) is 4.98 Å². The van der Waals surface area contributed by atoms with Gasteiger partial charge in [0.2, 0.25) is 6.79 Å². The van der Waals surface area contributed by atoms with Crippen molar-refractivity contribution < 1.29 is 14.3 Å². The van der Waals surface area contributed by atoms with E-state index in [1.54, 1.807) is 11.3 Å². The number of aryl methyl sites for hydroxylation is 1. The van der Waals surface area contributed by atoms with Crippen LogP contribution < -0.4 is 9.47 Å². The van der Waals surface area contributed by atoms with Gasteiger partial charge in [0, 0.05) is 38.1 Å². The Bertz CT molecular complexity index is 1410. The summed E-state index contributed by atoms with van der Waals surface area (Å²) in [6.45, 7) is 6.46. The molecule has 0 unspecified atom stereocenters. The van der Waals surface area contributed by atoms with Crippen LogP contribution in [0.5, 0.6) is 11.5 Å². The van der Waals surface area contributed by atoms with E-state index in [4.69, 9.17) is 14.5 Å². The number of carbonyl (C=O) groups excluding carboxylic acids is 1. The average Bonchev–Trinajstić information content (AvgIpc) is 3.62. The Hall–Kier alpha value is -3.72. The van der Waals surface area contributed by atoms with Gasteiger partial charge in [0.05, 0.1) is 6.54 Å². The number of ether oxygens (including phenoxy) is 2. The molecule has 2 heterocycles. The number of nitrogens with zero attached hydrogens (tertiary/aromatic N) is 4. The number of carbonyl (C=O) groups is 1. The van der Waals surface area contributed by atoms with Crippen LogP contribution in [0.15, 0.2) is 78.2 Å². The van der Waals surface area contributed by atoms with Crippen molar-refractivity contribution in [3.63, 3.8) is 0 Å². The highest BCUT2D eigenvalue weighted by Gasteiger charge is 2.21. The van der Waals surface area contributed by atoms with E-state index in [0.29, 0.717) is 25.3 Å². The molecule has 0 saturated heterocycles. The van der Waals surface area contributed by atoms with Gasteiger partial charge in [-0.1, -0.05) is 66.2 Å². The summed E-state index contributed by atoms with van der Waals surface area (Å²) < 4.78 is 11.1. The fourth-order valence-corrected chi connectivity index (χ4v) is 5.44. The Kier molecular flexibility index (Phi) is 9.11. The zero-order valence-corrected chi connectivity index (χ0v) is 24.2. The molecule has 7 nitrogen and oxygen atoms in total. The van der Waals surface area contributed by atoms with Crippen molar-refractivity contribution in [2.24, 2.45) is 0 Å². The van der Waals surface area contributed by atoms with E-state index in [1.807, 2.05) is 54.7 Å². The van der Waals surface area contributed by atoms with Crippen LogP contribution in [0.1, 0.15) is 37.7 Å². The molecule has 0 radical (unpaired) electrons. The van der Waals surface area contributed by atoms with E-state index in [9.17, 15) is 4.79 Å². The number of hydrogen-bond donors (Lipinski definition) is 0. The summed E-state index contributed by atoms with van der Waals surface area (Å²) in [5, 5.41) is 2.82. The van der Waals surface area contributed by atoms with Gasteiger partial charge < -0.3 is 19.3 Å². The van der Waals surface area contributed by atoms with E-state index >= 15 is 0 Å². The van der Waals surface area contributed by atoms with Crippen molar-refractivity contribution in [2.45, 2.75) is 33.1 Å². The molecule has 4 aromatic rings. The molecule has 0 N–H and O–H groups in total. The first-order valence-electron chi connectivity index (χ1n) is 13.5. The van der Waals surface area contributed by atoms with Crippen LogP contribution in [0.3, 0.4) is 0 Å². The Labute approximate surface area is 240 Å². The van der Waals surface area contributed by atoms with Crippen LogP contribution in [0.25, 0.3) is 0 Å². The lowest BCUT2D eigenvalue weighted by Crippen LogP contribution is -2.36. The smallest absolute Gasteiger partial charge is 0.273 e. The van der Waals surface area contributed by atoms with Crippen LogP contribution >= 0.6 is 11.3 Å². The van der Waals surface area contributed by atoms with Gasteiger partial charge in [-0.15, -0.1) is 11.3 Å². The van der Waals surface area contributed by atoms with Gasteiger partial charge in [-0.2, -0.15) is 0 Å². The van der Waals surface area contributed by atoms with Crippen LogP contribution in [0.4, 0.5) is 0 Å². The molecule has 3 aromatic carbocycles. The fraction of sp³-hybridized carbons (Fsp3) is 0.312. The van der Waals surface area contributed by atoms with Crippen molar-refractivity contribution in [1.29, 1.82) is 0 Å². The van der Waals surface area contributed by atoms with Gasteiger partial charge in [0.25, 0.3) is 5.91 Å². The molecule has 1 aliphatic rings. The average molecular weight is 557 g/mol. The normalized spacial score (nSPS) is 12.3. The first kappa shape index (κ1) is 27.8. The minimum atomic E-state index is -0.0333. The minimum Gasteiger partial charge on any atom is -0.454 e. The molecule has 5 rings (SSSR count). The molecule has 0 aliphatic carbocycles. The lowest BCUT2D eigenvalue weighted by Gasteiger charge is -2.24. The Morgan fingerprint density at radius 3 is 2.30 bits per heavy atom. The first-order valence-corrected chi connectivity index (χ1v) is 14.4. The van der Waals surface area contributed by atoms with Crippen molar-refractivity contribution in [3.8, 4) is 11.5 Å². The molecule has 0 bridgehead atoms. The summed E-state index contributed by atoms with van der Waals surface area (Å²) in [6, 6.07) is 24.9. The maximum absolute atomic E-state index is 13.6. The number of aromatic nitrogens is 1. The quantitative estimate of drug-likeness (QED) is 0.227. The molecular weight excluding hydrogens is 520 g/mol. The van der Waals surface area contributed by atoms with Gasteiger partial charge in [-0.05, 0) is 49.8 Å².